The average molecular weight is 376 g/mol. The summed E-state index contributed by atoms with van der Waals surface area (Å²) in [6.07, 6.45) is 0. The van der Waals surface area contributed by atoms with Gasteiger partial charge in [-0.3, -0.25) is 0 Å². The van der Waals surface area contributed by atoms with Crippen LogP contribution < -0.4 is 0 Å². The molecule has 0 aliphatic heterocycles. The van der Waals surface area contributed by atoms with Crippen LogP contribution in [0.25, 0.3) is 11.0 Å². The second kappa shape index (κ2) is 5.44. The van der Waals surface area contributed by atoms with Gasteiger partial charge in [0, 0.05) is 4.88 Å². The lowest BCUT2D eigenvalue weighted by molar-refractivity contribution is 0.789. The first-order valence-corrected chi connectivity index (χ1v) is 8.15. The van der Waals surface area contributed by atoms with Crippen LogP contribution in [0.5, 0.6) is 0 Å². The second-order valence-corrected chi connectivity index (χ2v) is 7.28. The van der Waals surface area contributed by atoms with Crippen LogP contribution in [-0.2, 0) is 12.4 Å². The van der Waals surface area contributed by atoms with E-state index in [-0.39, 0.29) is 0 Å². The number of thiophene rings is 1. The molecule has 0 aliphatic carbocycles. The Hall–Kier alpha value is -0.550. The zero-order valence-corrected chi connectivity index (χ0v) is 13.7. The molecule has 6 heteroatoms. The first kappa shape index (κ1) is 13.4. The van der Waals surface area contributed by atoms with Gasteiger partial charge in [0.1, 0.15) is 11.3 Å². The third kappa shape index (κ3) is 2.55. The number of benzene rings is 1. The van der Waals surface area contributed by atoms with Gasteiger partial charge in [0.2, 0.25) is 0 Å². The van der Waals surface area contributed by atoms with E-state index in [9.17, 15) is 0 Å². The van der Waals surface area contributed by atoms with Gasteiger partial charge < -0.3 is 4.57 Å². The third-order valence-electron chi connectivity index (χ3n) is 2.87. The van der Waals surface area contributed by atoms with Crippen LogP contribution in [0.3, 0.4) is 0 Å². The molecule has 3 aromatic rings. The number of para-hydroxylation sites is 1. The molecular weight excluding hydrogens is 367 g/mol. The maximum atomic E-state index is 6.18. The highest BCUT2D eigenvalue weighted by Gasteiger charge is 2.13. The molecule has 0 N–H and O–H groups in total. The molecule has 0 amide bonds. The van der Waals surface area contributed by atoms with Gasteiger partial charge in [0.15, 0.2) is 0 Å². The van der Waals surface area contributed by atoms with Gasteiger partial charge in [0.25, 0.3) is 0 Å². The minimum absolute atomic E-state index is 0.373. The standard InChI is InChI=1S/C13H9BrCl2N2S/c14-11-5-4-8(19-11)7-18-10-3-1-2-9(16)13(10)17-12(18)6-15/h1-5H,6-7H2. The van der Waals surface area contributed by atoms with Crippen molar-refractivity contribution in [3.8, 4) is 0 Å². The van der Waals surface area contributed by atoms with E-state index in [1.54, 1.807) is 11.3 Å². The number of alkyl halides is 1. The maximum absolute atomic E-state index is 6.18. The van der Waals surface area contributed by atoms with Crippen LogP contribution in [0.2, 0.25) is 5.02 Å². The van der Waals surface area contributed by atoms with Crippen molar-refractivity contribution in [1.82, 2.24) is 9.55 Å². The van der Waals surface area contributed by atoms with Crippen LogP contribution >= 0.6 is 50.5 Å². The van der Waals surface area contributed by atoms with Gasteiger partial charge in [-0.2, -0.15) is 0 Å². The van der Waals surface area contributed by atoms with E-state index >= 15 is 0 Å². The van der Waals surface area contributed by atoms with Gasteiger partial charge in [-0.1, -0.05) is 17.7 Å². The Balaban J connectivity index is 2.13. The van der Waals surface area contributed by atoms with Crippen molar-refractivity contribution in [2.45, 2.75) is 12.4 Å². The summed E-state index contributed by atoms with van der Waals surface area (Å²) in [7, 11) is 0. The highest BCUT2D eigenvalue weighted by Crippen LogP contribution is 2.28. The Labute approximate surface area is 133 Å². The van der Waals surface area contributed by atoms with Gasteiger partial charge in [0.05, 0.1) is 26.8 Å². The zero-order chi connectivity index (χ0) is 13.4. The second-order valence-electron chi connectivity index (χ2n) is 4.06. The first-order valence-electron chi connectivity index (χ1n) is 5.63. The summed E-state index contributed by atoms with van der Waals surface area (Å²) in [5.74, 6) is 1.21. The number of halogens is 3. The summed E-state index contributed by atoms with van der Waals surface area (Å²) < 4.78 is 3.24. The van der Waals surface area contributed by atoms with Gasteiger partial charge in [-0.05, 0) is 40.2 Å². The quantitative estimate of drug-likeness (QED) is 0.568. The van der Waals surface area contributed by atoms with Crippen LogP contribution in [0.1, 0.15) is 10.7 Å². The van der Waals surface area contributed by atoms with Crippen molar-refractivity contribution in [2.24, 2.45) is 0 Å². The summed E-state index contributed by atoms with van der Waals surface area (Å²) in [4.78, 5) is 5.77. The maximum Gasteiger partial charge on any atom is 0.125 e. The molecular formula is C13H9BrCl2N2S. The normalized spacial score (nSPS) is 11.3. The molecule has 0 bridgehead atoms. The molecule has 0 fully saturated rings. The first-order chi connectivity index (χ1) is 9.19. The molecule has 1 aromatic carbocycles. The zero-order valence-electron chi connectivity index (χ0n) is 9.74. The number of fused-ring (bicyclic) bond motifs is 1. The minimum Gasteiger partial charge on any atom is -0.322 e. The number of hydrogen-bond acceptors (Lipinski definition) is 2. The highest BCUT2D eigenvalue weighted by atomic mass is 79.9. The minimum atomic E-state index is 0.373. The number of aromatic nitrogens is 2. The van der Waals surface area contributed by atoms with Crippen molar-refractivity contribution < 1.29 is 0 Å². The number of hydrogen-bond donors (Lipinski definition) is 0. The van der Waals surface area contributed by atoms with E-state index in [0.29, 0.717) is 10.9 Å². The highest BCUT2D eigenvalue weighted by molar-refractivity contribution is 9.11. The van der Waals surface area contributed by atoms with Crippen LogP contribution in [0.4, 0.5) is 0 Å². The molecule has 98 valence electrons. The fraction of sp³-hybridized carbons (Fsp3) is 0.154. The smallest absolute Gasteiger partial charge is 0.125 e. The molecule has 0 radical (unpaired) electrons. The summed E-state index contributed by atoms with van der Waals surface area (Å²) in [5, 5.41) is 0.662. The van der Waals surface area contributed by atoms with Crippen molar-refractivity contribution in [2.75, 3.05) is 0 Å². The average Bonchev–Trinajstić information content (AvgIpc) is 2.96. The van der Waals surface area contributed by atoms with Gasteiger partial charge in [-0.25, -0.2) is 4.98 Å². The Kier molecular flexibility index (Phi) is 3.85. The van der Waals surface area contributed by atoms with E-state index in [0.717, 1.165) is 27.2 Å². The van der Waals surface area contributed by atoms with Crippen LogP contribution in [0.15, 0.2) is 34.1 Å². The molecule has 3 rings (SSSR count). The summed E-state index contributed by atoms with van der Waals surface area (Å²) in [6, 6.07) is 9.95. The van der Waals surface area contributed by atoms with E-state index < -0.39 is 0 Å². The predicted octanol–water partition coefficient (Wildman–Crippen LogP) is 5.30. The Bertz CT molecular complexity index is 735. The number of imidazole rings is 1. The monoisotopic (exact) mass is 374 g/mol. The molecule has 0 aliphatic rings. The lowest BCUT2D eigenvalue weighted by atomic mass is 10.3. The molecule has 2 heterocycles. The van der Waals surface area contributed by atoms with E-state index in [4.69, 9.17) is 23.2 Å². The SMILES string of the molecule is ClCc1nc2c(Cl)cccc2n1Cc1ccc(Br)s1. The van der Waals surface area contributed by atoms with Crippen molar-refractivity contribution >= 4 is 61.5 Å². The molecule has 0 spiro atoms. The lowest BCUT2D eigenvalue weighted by Crippen LogP contribution is -2.02. The molecule has 2 nitrogen and oxygen atoms in total. The number of rotatable bonds is 3. The van der Waals surface area contributed by atoms with Crippen molar-refractivity contribution in [3.05, 3.63) is 49.8 Å². The van der Waals surface area contributed by atoms with E-state index in [2.05, 4.69) is 31.5 Å². The van der Waals surface area contributed by atoms with Gasteiger partial charge in [-0.15, -0.1) is 22.9 Å². The molecule has 19 heavy (non-hydrogen) atoms. The molecule has 0 saturated heterocycles. The molecule has 2 aromatic heterocycles. The Morgan fingerprint density at radius 2 is 2.11 bits per heavy atom. The summed E-state index contributed by atoms with van der Waals surface area (Å²) in [5.41, 5.74) is 1.84. The third-order valence-corrected chi connectivity index (χ3v) is 5.02. The topological polar surface area (TPSA) is 17.8 Å². The van der Waals surface area contributed by atoms with Crippen molar-refractivity contribution in [1.29, 1.82) is 0 Å². The largest absolute Gasteiger partial charge is 0.322 e. The number of nitrogens with zero attached hydrogens (tertiary/aromatic N) is 2. The molecule has 0 atom stereocenters. The lowest BCUT2D eigenvalue weighted by Gasteiger charge is -2.05. The Morgan fingerprint density at radius 3 is 2.79 bits per heavy atom. The van der Waals surface area contributed by atoms with Crippen molar-refractivity contribution in [3.63, 3.8) is 0 Å². The fourth-order valence-electron chi connectivity index (χ4n) is 2.03. The van der Waals surface area contributed by atoms with Crippen LogP contribution in [0, 0.1) is 0 Å². The molecule has 0 unspecified atom stereocenters. The Morgan fingerprint density at radius 1 is 1.26 bits per heavy atom. The van der Waals surface area contributed by atoms with E-state index in [1.165, 1.54) is 4.88 Å². The summed E-state index contributed by atoms with van der Waals surface area (Å²) in [6.45, 7) is 0.759. The molecule has 0 saturated carbocycles. The fourth-order valence-corrected chi connectivity index (χ4v) is 3.92. The predicted molar refractivity (Wildman–Crippen MR) is 85.4 cm³/mol. The van der Waals surface area contributed by atoms with Crippen LogP contribution in [-0.4, -0.2) is 9.55 Å². The van der Waals surface area contributed by atoms with Gasteiger partial charge >= 0.3 is 0 Å². The summed E-state index contributed by atoms with van der Waals surface area (Å²) >= 11 is 17.4. The van der Waals surface area contributed by atoms with E-state index in [1.807, 2.05) is 24.3 Å².